The summed E-state index contributed by atoms with van der Waals surface area (Å²) in [6.45, 7) is 3.61. The highest BCUT2D eigenvalue weighted by Gasteiger charge is 2.23. The van der Waals surface area contributed by atoms with Crippen molar-refractivity contribution in [2.24, 2.45) is 0 Å². The number of nitrogens with zero attached hydrogens (tertiary/aromatic N) is 3. The minimum Gasteiger partial charge on any atom is -0.355 e. The molecule has 1 aliphatic heterocycles. The van der Waals surface area contributed by atoms with E-state index in [0.717, 1.165) is 30.9 Å². The van der Waals surface area contributed by atoms with Crippen molar-refractivity contribution in [2.75, 3.05) is 18.0 Å². The minimum absolute atomic E-state index is 0.0345. The molecule has 0 unspecified atom stereocenters. The van der Waals surface area contributed by atoms with Gasteiger partial charge in [0, 0.05) is 30.9 Å². The Morgan fingerprint density at radius 2 is 2.22 bits per heavy atom. The van der Waals surface area contributed by atoms with Gasteiger partial charge >= 0.3 is 0 Å². The molecule has 0 saturated carbocycles. The van der Waals surface area contributed by atoms with Crippen molar-refractivity contribution < 1.29 is 4.79 Å². The van der Waals surface area contributed by atoms with Gasteiger partial charge in [0.15, 0.2) is 0 Å². The first-order chi connectivity index (χ1) is 11.1. The third-order valence-corrected chi connectivity index (χ3v) is 3.87. The molecule has 7 nitrogen and oxygen atoms in total. The Balaban J connectivity index is 1.65. The van der Waals surface area contributed by atoms with E-state index < -0.39 is 0 Å². The van der Waals surface area contributed by atoms with E-state index in [4.69, 9.17) is 0 Å². The quantitative estimate of drug-likeness (QED) is 0.877. The number of anilines is 1. The molecule has 0 aromatic carbocycles. The molecular formula is C16H19N5O2. The lowest BCUT2D eigenvalue weighted by molar-refractivity contribution is 0.0927. The first-order valence-electron chi connectivity index (χ1n) is 7.67. The van der Waals surface area contributed by atoms with E-state index in [-0.39, 0.29) is 23.2 Å². The molecule has 7 heteroatoms. The Hall–Kier alpha value is -2.70. The van der Waals surface area contributed by atoms with Crippen LogP contribution in [0.15, 0.2) is 35.1 Å². The van der Waals surface area contributed by atoms with Crippen molar-refractivity contribution in [3.05, 3.63) is 52.1 Å². The highest BCUT2D eigenvalue weighted by atomic mass is 16.2. The molecule has 2 N–H and O–H groups in total. The van der Waals surface area contributed by atoms with Gasteiger partial charge < -0.3 is 10.2 Å². The fourth-order valence-corrected chi connectivity index (χ4v) is 2.74. The zero-order valence-electron chi connectivity index (χ0n) is 13.0. The molecule has 2 aromatic rings. The van der Waals surface area contributed by atoms with Crippen LogP contribution >= 0.6 is 0 Å². The zero-order chi connectivity index (χ0) is 16.2. The highest BCUT2D eigenvalue weighted by molar-refractivity contribution is 5.92. The smallest absolute Gasteiger partial charge is 0.271 e. The summed E-state index contributed by atoms with van der Waals surface area (Å²) in [5, 5.41) is 9.01. The summed E-state index contributed by atoms with van der Waals surface area (Å²) in [6, 6.07) is 8.70. The monoisotopic (exact) mass is 313 g/mol. The summed E-state index contributed by atoms with van der Waals surface area (Å²) >= 11 is 0. The number of piperidine rings is 1. The zero-order valence-corrected chi connectivity index (χ0v) is 13.0. The Labute approximate surface area is 133 Å². The van der Waals surface area contributed by atoms with Crippen LogP contribution in [0, 0.1) is 6.92 Å². The predicted octanol–water partition coefficient (Wildman–Crippen LogP) is 0.872. The fourth-order valence-electron chi connectivity index (χ4n) is 2.74. The van der Waals surface area contributed by atoms with Crippen molar-refractivity contribution in [1.82, 2.24) is 20.5 Å². The number of aromatic amines is 1. The summed E-state index contributed by atoms with van der Waals surface area (Å²) in [6.07, 6.45) is 1.90. The molecular weight excluding hydrogens is 294 g/mol. The molecule has 3 rings (SSSR count). The van der Waals surface area contributed by atoms with Crippen molar-refractivity contribution in [2.45, 2.75) is 25.8 Å². The van der Waals surface area contributed by atoms with Gasteiger partial charge in [-0.05, 0) is 38.0 Å². The van der Waals surface area contributed by atoms with Gasteiger partial charge in [-0.25, -0.2) is 10.1 Å². The molecule has 1 saturated heterocycles. The predicted molar refractivity (Wildman–Crippen MR) is 86.5 cm³/mol. The van der Waals surface area contributed by atoms with Crippen molar-refractivity contribution in [1.29, 1.82) is 0 Å². The van der Waals surface area contributed by atoms with Gasteiger partial charge in [0.25, 0.3) is 11.5 Å². The van der Waals surface area contributed by atoms with E-state index in [9.17, 15) is 9.59 Å². The Bertz CT molecular complexity index is 738. The van der Waals surface area contributed by atoms with Crippen LogP contribution in [0.2, 0.25) is 0 Å². The summed E-state index contributed by atoms with van der Waals surface area (Å²) in [4.78, 5) is 29.9. The van der Waals surface area contributed by atoms with E-state index in [1.165, 1.54) is 12.1 Å². The average Bonchev–Trinajstić information content (AvgIpc) is 2.56. The highest BCUT2D eigenvalue weighted by Crippen LogP contribution is 2.18. The number of hydrogen-bond donors (Lipinski definition) is 2. The molecule has 3 heterocycles. The van der Waals surface area contributed by atoms with E-state index in [2.05, 4.69) is 25.4 Å². The maximum Gasteiger partial charge on any atom is 0.271 e. The first-order valence-corrected chi connectivity index (χ1v) is 7.67. The normalized spacial score (nSPS) is 17.8. The Kier molecular flexibility index (Phi) is 4.36. The number of pyridine rings is 1. The van der Waals surface area contributed by atoms with Gasteiger partial charge in [-0.3, -0.25) is 9.59 Å². The molecule has 2 aromatic heterocycles. The standard InChI is InChI=1S/C16H19N5O2/c1-11-4-2-6-14(17-11)21-9-3-5-12(10-21)18-16(23)13-7-8-15(22)20-19-13/h2,4,6-8,12H,3,5,9-10H2,1H3,(H,18,23)(H,20,22)/t12-/m0/s1. The van der Waals surface area contributed by atoms with Gasteiger partial charge in [0.1, 0.15) is 11.5 Å². The lowest BCUT2D eigenvalue weighted by Gasteiger charge is -2.34. The van der Waals surface area contributed by atoms with Crippen LogP contribution < -0.4 is 15.8 Å². The lowest BCUT2D eigenvalue weighted by atomic mass is 10.1. The van der Waals surface area contributed by atoms with Gasteiger partial charge in [0.05, 0.1) is 0 Å². The van der Waals surface area contributed by atoms with E-state index >= 15 is 0 Å². The number of aryl methyl sites for hydroxylation is 1. The van der Waals surface area contributed by atoms with Gasteiger partial charge in [-0.1, -0.05) is 6.07 Å². The molecule has 23 heavy (non-hydrogen) atoms. The minimum atomic E-state index is -0.323. The van der Waals surface area contributed by atoms with Gasteiger partial charge in [-0.15, -0.1) is 0 Å². The second-order valence-electron chi connectivity index (χ2n) is 5.70. The van der Waals surface area contributed by atoms with Crippen LogP contribution in [0.3, 0.4) is 0 Å². The molecule has 1 atom stereocenters. The number of carbonyl (C=O) groups is 1. The Morgan fingerprint density at radius 3 is 2.96 bits per heavy atom. The van der Waals surface area contributed by atoms with Gasteiger partial charge in [0.2, 0.25) is 0 Å². The maximum atomic E-state index is 12.2. The van der Waals surface area contributed by atoms with E-state index in [1.807, 2.05) is 25.1 Å². The van der Waals surface area contributed by atoms with Crippen LogP contribution in [0.25, 0.3) is 0 Å². The second kappa shape index (κ2) is 6.60. The Morgan fingerprint density at radius 1 is 1.35 bits per heavy atom. The molecule has 0 spiro atoms. The van der Waals surface area contributed by atoms with Crippen LogP contribution in [-0.4, -0.2) is 40.2 Å². The van der Waals surface area contributed by atoms with Gasteiger partial charge in [-0.2, -0.15) is 5.10 Å². The SMILES string of the molecule is Cc1cccc(N2CCC[C@H](NC(=O)c3ccc(=O)[nH]n3)C2)n1. The van der Waals surface area contributed by atoms with Crippen LogP contribution in [0.1, 0.15) is 29.0 Å². The van der Waals surface area contributed by atoms with Crippen molar-refractivity contribution in [3.8, 4) is 0 Å². The van der Waals surface area contributed by atoms with Crippen molar-refractivity contribution >= 4 is 11.7 Å². The number of aromatic nitrogens is 3. The van der Waals surface area contributed by atoms with E-state index in [1.54, 1.807) is 0 Å². The molecule has 1 amide bonds. The van der Waals surface area contributed by atoms with Crippen molar-refractivity contribution in [3.63, 3.8) is 0 Å². The maximum absolute atomic E-state index is 12.2. The number of carbonyl (C=O) groups excluding carboxylic acids is 1. The number of nitrogens with one attached hydrogen (secondary N) is 2. The molecule has 0 bridgehead atoms. The lowest BCUT2D eigenvalue weighted by Crippen LogP contribution is -2.48. The summed E-state index contributed by atoms with van der Waals surface area (Å²) in [5.74, 6) is 0.663. The number of H-pyrrole nitrogens is 1. The summed E-state index contributed by atoms with van der Waals surface area (Å²) in [7, 11) is 0. The topological polar surface area (TPSA) is 91.0 Å². The number of rotatable bonds is 3. The molecule has 0 aliphatic carbocycles. The molecule has 1 aliphatic rings. The summed E-state index contributed by atoms with van der Waals surface area (Å²) in [5.41, 5.74) is 0.873. The average molecular weight is 313 g/mol. The third-order valence-electron chi connectivity index (χ3n) is 3.87. The number of hydrogen-bond acceptors (Lipinski definition) is 5. The molecule has 0 radical (unpaired) electrons. The fraction of sp³-hybridized carbons (Fsp3) is 0.375. The second-order valence-corrected chi connectivity index (χ2v) is 5.70. The molecule has 1 fully saturated rings. The van der Waals surface area contributed by atoms with E-state index in [0.29, 0.717) is 6.54 Å². The summed E-state index contributed by atoms with van der Waals surface area (Å²) < 4.78 is 0. The van der Waals surface area contributed by atoms with Crippen LogP contribution in [0.5, 0.6) is 0 Å². The van der Waals surface area contributed by atoms with Crippen LogP contribution in [0.4, 0.5) is 5.82 Å². The molecule has 120 valence electrons. The largest absolute Gasteiger partial charge is 0.355 e. The number of amides is 1. The van der Waals surface area contributed by atoms with Crippen LogP contribution in [-0.2, 0) is 0 Å². The third kappa shape index (κ3) is 3.74. The first kappa shape index (κ1) is 15.2.